The molecule has 3 fully saturated rings. The van der Waals surface area contributed by atoms with Crippen molar-refractivity contribution in [2.24, 2.45) is 17.3 Å². The molecule has 1 aliphatic heterocycles. The second-order valence-electron chi connectivity index (χ2n) is 8.32. The van der Waals surface area contributed by atoms with Gasteiger partial charge in [0.25, 0.3) is 0 Å². The van der Waals surface area contributed by atoms with Crippen molar-refractivity contribution in [3.63, 3.8) is 0 Å². The van der Waals surface area contributed by atoms with Crippen LogP contribution in [0.25, 0.3) is 0 Å². The van der Waals surface area contributed by atoms with Crippen LogP contribution < -0.4 is 0 Å². The van der Waals surface area contributed by atoms with Crippen molar-refractivity contribution in [1.82, 2.24) is 0 Å². The second-order valence-corrected chi connectivity index (χ2v) is 8.32. The van der Waals surface area contributed by atoms with Crippen LogP contribution in [0.3, 0.4) is 0 Å². The van der Waals surface area contributed by atoms with Gasteiger partial charge in [-0.25, -0.2) is 0 Å². The van der Waals surface area contributed by atoms with Crippen molar-refractivity contribution < 1.29 is 23.9 Å². The first-order valence-corrected chi connectivity index (χ1v) is 9.70. The monoisotopic (exact) mass is 350 g/mol. The molecule has 3 aliphatic rings. The lowest BCUT2D eigenvalue weighted by molar-refractivity contribution is -0.148. The highest BCUT2D eigenvalue weighted by Gasteiger charge is 2.53. The van der Waals surface area contributed by atoms with Crippen LogP contribution in [0.5, 0.6) is 0 Å². The number of carbonyl (C=O) groups excluding carboxylic acids is 3. The van der Waals surface area contributed by atoms with Gasteiger partial charge in [-0.3, -0.25) is 14.4 Å². The normalized spacial score (nSPS) is 34.3. The van der Waals surface area contributed by atoms with Gasteiger partial charge in [-0.2, -0.15) is 0 Å². The summed E-state index contributed by atoms with van der Waals surface area (Å²) < 4.78 is 11.1. The van der Waals surface area contributed by atoms with Crippen molar-refractivity contribution in [2.75, 3.05) is 13.2 Å². The summed E-state index contributed by atoms with van der Waals surface area (Å²) in [7, 11) is 0. The molecule has 5 nitrogen and oxygen atoms in total. The van der Waals surface area contributed by atoms with Gasteiger partial charge in [0.15, 0.2) is 5.79 Å². The Balaban J connectivity index is 1.46. The summed E-state index contributed by atoms with van der Waals surface area (Å²) in [6.45, 7) is 5.18. The molecule has 0 amide bonds. The fourth-order valence-electron chi connectivity index (χ4n) is 4.97. The van der Waals surface area contributed by atoms with Gasteiger partial charge in [-0.1, -0.05) is 6.92 Å². The third-order valence-corrected chi connectivity index (χ3v) is 6.65. The number of ketones is 3. The van der Waals surface area contributed by atoms with Crippen LogP contribution in [0.2, 0.25) is 0 Å². The first-order valence-electron chi connectivity index (χ1n) is 9.70. The highest BCUT2D eigenvalue weighted by Crippen LogP contribution is 2.52. The molecule has 2 aliphatic carbocycles. The Bertz CT molecular complexity index is 548. The molecule has 0 aromatic carbocycles. The van der Waals surface area contributed by atoms with Crippen LogP contribution in [0, 0.1) is 17.3 Å². The Labute approximate surface area is 149 Å². The summed E-state index contributed by atoms with van der Waals surface area (Å²) in [6.07, 6.45) is 5.60. The molecule has 0 radical (unpaired) electrons. The van der Waals surface area contributed by atoms with Crippen LogP contribution in [0.4, 0.5) is 0 Å². The Kier molecular flexibility index (Phi) is 5.45. The zero-order valence-electron chi connectivity index (χ0n) is 15.5. The van der Waals surface area contributed by atoms with E-state index in [1.807, 2.05) is 13.8 Å². The summed E-state index contributed by atoms with van der Waals surface area (Å²) >= 11 is 0. The van der Waals surface area contributed by atoms with E-state index in [4.69, 9.17) is 9.47 Å². The van der Waals surface area contributed by atoms with E-state index < -0.39 is 5.79 Å². The molecule has 1 saturated heterocycles. The predicted octanol–water partition coefficient (Wildman–Crippen LogP) is 3.23. The predicted molar refractivity (Wildman–Crippen MR) is 92.0 cm³/mol. The van der Waals surface area contributed by atoms with E-state index in [9.17, 15) is 14.4 Å². The van der Waals surface area contributed by atoms with Gasteiger partial charge < -0.3 is 9.47 Å². The molecule has 0 aromatic rings. The van der Waals surface area contributed by atoms with Crippen LogP contribution >= 0.6 is 0 Å². The van der Waals surface area contributed by atoms with E-state index in [1.165, 1.54) is 0 Å². The van der Waals surface area contributed by atoms with Gasteiger partial charge in [0.2, 0.25) is 0 Å². The zero-order valence-corrected chi connectivity index (χ0v) is 15.5. The fourth-order valence-corrected chi connectivity index (χ4v) is 4.97. The lowest BCUT2D eigenvalue weighted by Crippen LogP contribution is -2.42. The van der Waals surface area contributed by atoms with Crippen molar-refractivity contribution in [1.29, 1.82) is 0 Å². The third-order valence-electron chi connectivity index (χ3n) is 6.65. The Morgan fingerprint density at radius 2 is 1.84 bits per heavy atom. The summed E-state index contributed by atoms with van der Waals surface area (Å²) in [6, 6.07) is 0. The topological polar surface area (TPSA) is 69.7 Å². The van der Waals surface area contributed by atoms with E-state index in [2.05, 4.69) is 0 Å². The quantitative estimate of drug-likeness (QED) is 0.705. The van der Waals surface area contributed by atoms with Crippen molar-refractivity contribution in [3.8, 4) is 0 Å². The molecule has 5 heteroatoms. The van der Waals surface area contributed by atoms with Gasteiger partial charge in [0, 0.05) is 43.4 Å². The molecule has 0 aromatic heterocycles. The van der Waals surface area contributed by atoms with E-state index in [-0.39, 0.29) is 28.8 Å². The maximum absolute atomic E-state index is 12.4. The molecule has 0 bridgehead atoms. The molecule has 1 heterocycles. The van der Waals surface area contributed by atoms with Crippen molar-refractivity contribution >= 4 is 17.3 Å². The molecule has 2 saturated carbocycles. The fraction of sp³-hybridized carbons (Fsp3) is 0.850. The minimum atomic E-state index is -0.536. The van der Waals surface area contributed by atoms with E-state index in [0.717, 1.165) is 19.3 Å². The Morgan fingerprint density at radius 3 is 2.56 bits per heavy atom. The van der Waals surface area contributed by atoms with Crippen LogP contribution in [0.1, 0.15) is 71.6 Å². The van der Waals surface area contributed by atoms with Gasteiger partial charge >= 0.3 is 0 Å². The maximum Gasteiger partial charge on any atom is 0.165 e. The minimum absolute atomic E-state index is 0.104. The summed E-state index contributed by atoms with van der Waals surface area (Å²) in [5.41, 5.74) is -0.326. The molecular formula is C20H30O5. The lowest BCUT2D eigenvalue weighted by Gasteiger charge is -2.39. The smallest absolute Gasteiger partial charge is 0.165 e. The molecule has 0 N–H and O–H groups in total. The SMILES string of the molecule is CC1(CCCC(=O)CCC2C(=O)CC[C@]3(C)C(=O)CC[C@@H]23)OCCO1. The number of hydrogen-bond acceptors (Lipinski definition) is 5. The maximum atomic E-state index is 12.4. The molecule has 1 unspecified atom stereocenters. The highest BCUT2D eigenvalue weighted by molar-refractivity contribution is 5.92. The second kappa shape index (κ2) is 7.28. The lowest BCUT2D eigenvalue weighted by atomic mass is 9.62. The van der Waals surface area contributed by atoms with Crippen molar-refractivity contribution in [2.45, 2.75) is 77.4 Å². The van der Waals surface area contributed by atoms with Crippen molar-refractivity contribution in [3.05, 3.63) is 0 Å². The molecular weight excluding hydrogens is 320 g/mol. The first-order chi connectivity index (χ1) is 11.8. The van der Waals surface area contributed by atoms with Gasteiger partial charge in [0.1, 0.15) is 17.3 Å². The van der Waals surface area contributed by atoms with Gasteiger partial charge in [-0.05, 0) is 38.5 Å². The zero-order chi connectivity index (χ0) is 18.1. The standard InChI is InChI=1S/C20H30O5/c1-19-11-9-17(22)15(16(19)7-8-18(19)23)6-5-14(21)4-3-10-20(2)24-12-13-25-20/h15-16H,3-13H2,1-2H3/t15?,16-,19-/m0/s1. The molecule has 3 rings (SSSR count). The van der Waals surface area contributed by atoms with Gasteiger partial charge in [-0.15, -0.1) is 0 Å². The largest absolute Gasteiger partial charge is 0.348 e. The Morgan fingerprint density at radius 1 is 1.12 bits per heavy atom. The van der Waals surface area contributed by atoms with Gasteiger partial charge in [0.05, 0.1) is 13.2 Å². The first kappa shape index (κ1) is 18.7. The summed E-state index contributed by atoms with van der Waals surface area (Å²) in [5, 5.41) is 0. The van der Waals surface area contributed by atoms with Crippen LogP contribution in [-0.4, -0.2) is 36.4 Å². The number of Topliss-reactive ketones (excluding diaryl/α,β-unsaturated/α-hetero) is 3. The number of rotatable bonds is 7. The summed E-state index contributed by atoms with van der Waals surface area (Å²) in [5.74, 6) is 0.273. The number of hydrogen-bond donors (Lipinski definition) is 0. The Hall–Kier alpha value is -1.07. The molecule has 0 spiro atoms. The van der Waals surface area contributed by atoms with Crippen LogP contribution in [-0.2, 0) is 23.9 Å². The molecule has 140 valence electrons. The van der Waals surface area contributed by atoms with Crippen LogP contribution in [0.15, 0.2) is 0 Å². The van der Waals surface area contributed by atoms with E-state index >= 15 is 0 Å². The number of carbonyl (C=O) groups is 3. The molecule has 25 heavy (non-hydrogen) atoms. The minimum Gasteiger partial charge on any atom is -0.348 e. The van der Waals surface area contributed by atoms with E-state index in [1.54, 1.807) is 0 Å². The molecule has 3 atom stereocenters. The summed E-state index contributed by atoms with van der Waals surface area (Å²) in [4.78, 5) is 36.8. The third kappa shape index (κ3) is 3.87. The number of ether oxygens (including phenoxy) is 2. The average Bonchev–Trinajstić information content (AvgIpc) is 3.12. The highest BCUT2D eigenvalue weighted by atomic mass is 16.7. The number of fused-ring (bicyclic) bond motifs is 1. The average molecular weight is 350 g/mol. The van der Waals surface area contributed by atoms with E-state index in [0.29, 0.717) is 57.5 Å².